The number of nitrogens with one attached hydrogen (secondary N) is 1. The monoisotopic (exact) mass is 333 g/mol. The third kappa shape index (κ3) is 4.42. The highest BCUT2D eigenvalue weighted by Gasteiger charge is 2.30. The second-order valence-corrected chi connectivity index (χ2v) is 6.70. The Balaban J connectivity index is 1.48. The summed E-state index contributed by atoms with van der Waals surface area (Å²) >= 11 is 0. The van der Waals surface area contributed by atoms with Gasteiger partial charge in [0.25, 0.3) is 0 Å². The van der Waals surface area contributed by atoms with Gasteiger partial charge in [0.1, 0.15) is 0 Å². The predicted octanol–water partition coefficient (Wildman–Crippen LogP) is 1.15. The smallest absolute Gasteiger partial charge is 0.237 e. The highest BCUT2D eigenvalue weighted by Crippen LogP contribution is 2.38. The maximum atomic E-state index is 12.1. The number of aromatic nitrogens is 2. The van der Waals surface area contributed by atoms with Gasteiger partial charge in [-0.25, -0.2) is 0 Å². The van der Waals surface area contributed by atoms with Gasteiger partial charge in [0.05, 0.1) is 12.6 Å². The number of hydrogen-bond donors (Lipinski definition) is 1. The quantitative estimate of drug-likeness (QED) is 0.755. The zero-order valence-electron chi connectivity index (χ0n) is 14.4. The van der Waals surface area contributed by atoms with Crippen molar-refractivity contribution >= 4 is 5.91 Å². The highest BCUT2D eigenvalue weighted by molar-refractivity contribution is 5.81. The van der Waals surface area contributed by atoms with Crippen LogP contribution in [0.5, 0.6) is 0 Å². The minimum Gasteiger partial charge on any atom is -0.351 e. The summed E-state index contributed by atoms with van der Waals surface area (Å²) < 4.78 is 5.33. The van der Waals surface area contributed by atoms with Crippen molar-refractivity contribution in [3.63, 3.8) is 0 Å². The van der Waals surface area contributed by atoms with Crippen LogP contribution in [-0.4, -0.2) is 64.6 Å². The van der Waals surface area contributed by atoms with Crippen LogP contribution in [0.2, 0.25) is 0 Å². The minimum atomic E-state index is -0.114. The summed E-state index contributed by atoms with van der Waals surface area (Å²) in [5.41, 5.74) is 0. The molecule has 132 valence electrons. The van der Waals surface area contributed by atoms with E-state index >= 15 is 0 Å². The van der Waals surface area contributed by atoms with E-state index in [1.807, 2.05) is 6.92 Å². The Bertz CT molecular complexity index is 569. The summed E-state index contributed by atoms with van der Waals surface area (Å²) in [4.78, 5) is 21.2. The van der Waals surface area contributed by atoms with Crippen LogP contribution in [0.15, 0.2) is 17.2 Å². The number of carbonyl (C=O) groups excluding carboxylic acids is 1. The third-order valence-corrected chi connectivity index (χ3v) is 4.75. The summed E-state index contributed by atoms with van der Waals surface area (Å²) in [6, 6.07) is -0.114. The van der Waals surface area contributed by atoms with Gasteiger partial charge in [0, 0.05) is 32.1 Å². The van der Waals surface area contributed by atoms with E-state index in [1.165, 1.54) is 12.8 Å². The van der Waals surface area contributed by atoms with E-state index in [-0.39, 0.29) is 11.9 Å². The van der Waals surface area contributed by atoms with Crippen molar-refractivity contribution in [3.05, 3.63) is 24.4 Å². The SMILES string of the molecule is C=CCNC(=O)[C@@H](C)N1CCCN(Cc2noc(C3CC3)n2)CC1. The van der Waals surface area contributed by atoms with Gasteiger partial charge in [-0.15, -0.1) is 6.58 Å². The Kier molecular flexibility index (Phi) is 5.63. The van der Waals surface area contributed by atoms with Gasteiger partial charge in [0.15, 0.2) is 5.82 Å². The summed E-state index contributed by atoms with van der Waals surface area (Å²) in [6.45, 7) is 10.5. The first-order valence-corrected chi connectivity index (χ1v) is 8.85. The molecule has 24 heavy (non-hydrogen) atoms. The Labute approximate surface area is 143 Å². The van der Waals surface area contributed by atoms with Gasteiger partial charge in [-0.2, -0.15) is 4.98 Å². The number of amides is 1. The molecule has 0 spiro atoms. The number of hydrogen-bond acceptors (Lipinski definition) is 6. The molecule has 1 atom stereocenters. The van der Waals surface area contributed by atoms with Crippen LogP contribution in [0.1, 0.15) is 43.8 Å². The highest BCUT2D eigenvalue weighted by atomic mass is 16.5. The molecule has 1 aliphatic carbocycles. The Morgan fingerprint density at radius 1 is 1.42 bits per heavy atom. The normalized spacial score (nSPS) is 21.2. The third-order valence-electron chi connectivity index (χ3n) is 4.75. The average molecular weight is 333 g/mol. The minimum absolute atomic E-state index is 0.0654. The van der Waals surface area contributed by atoms with E-state index < -0.39 is 0 Å². The Morgan fingerprint density at radius 3 is 3.00 bits per heavy atom. The molecule has 3 rings (SSSR count). The van der Waals surface area contributed by atoms with Crippen LogP contribution in [0.25, 0.3) is 0 Å². The summed E-state index contributed by atoms with van der Waals surface area (Å²) in [5, 5.41) is 6.98. The van der Waals surface area contributed by atoms with Crippen molar-refractivity contribution in [1.82, 2.24) is 25.3 Å². The van der Waals surface area contributed by atoms with E-state index in [4.69, 9.17) is 4.52 Å². The largest absolute Gasteiger partial charge is 0.351 e. The molecule has 2 aliphatic rings. The van der Waals surface area contributed by atoms with Crippen LogP contribution in [0, 0.1) is 0 Å². The lowest BCUT2D eigenvalue weighted by Crippen LogP contribution is -2.46. The van der Waals surface area contributed by atoms with Crippen LogP contribution >= 0.6 is 0 Å². The first-order valence-electron chi connectivity index (χ1n) is 8.85. The molecule has 1 saturated heterocycles. The van der Waals surface area contributed by atoms with Crippen molar-refractivity contribution in [3.8, 4) is 0 Å². The second-order valence-electron chi connectivity index (χ2n) is 6.70. The molecule has 1 aromatic rings. The van der Waals surface area contributed by atoms with Crippen LogP contribution in [-0.2, 0) is 11.3 Å². The van der Waals surface area contributed by atoms with Gasteiger partial charge >= 0.3 is 0 Å². The fourth-order valence-corrected chi connectivity index (χ4v) is 3.05. The molecule has 1 N–H and O–H groups in total. The molecule has 2 fully saturated rings. The van der Waals surface area contributed by atoms with Crippen molar-refractivity contribution in [2.45, 2.75) is 44.7 Å². The molecule has 1 aromatic heterocycles. The van der Waals surface area contributed by atoms with Gasteiger partial charge < -0.3 is 9.84 Å². The lowest BCUT2D eigenvalue weighted by molar-refractivity contribution is -0.125. The summed E-state index contributed by atoms with van der Waals surface area (Å²) in [7, 11) is 0. The molecule has 0 radical (unpaired) electrons. The molecular formula is C17H27N5O2. The van der Waals surface area contributed by atoms with E-state index in [2.05, 4.69) is 31.8 Å². The molecule has 1 aliphatic heterocycles. The molecule has 0 aromatic carbocycles. The molecule has 0 bridgehead atoms. The zero-order chi connectivity index (χ0) is 16.9. The lowest BCUT2D eigenvalue weighted by Gasteiger charge is -2.26. The van der Waals surface area contributed by atoms with Gasteiger partial charge in [-0.3, -0.25) is 14.6 Å². The van der Waals surface area contributed by atoms with E-state index in [9.17, 15) is 4.79 Å². The van der Waals surface area contributed by atoms with Crippen molar-refractivity contribution in [1.29, 1.82) is 0 Å². The summed E-state index contributed by atoms with van der Waals surface area (Å²) in [5.74, 6) is 2.15. The van der Waals surface area contributed by atoms with Gasteiger partial charge in [-0.05, 0) is 32.7 Å². The van der Waals surface area contributed by atoms with Gasteiger partial charge in [0.2, 0.25) is 11.8 Å². The standard InChI is InChI=1S/C17H27N5O2/c1-3-7-18-16(23)13(2)22-9-4-8-21(10-11-22)12-15-19-17(24-20-15)14-5-6-14/h3,13-14H,1,4-12H2,2H3,(H,18,23)/t13-/m1/s1. The first kappa shape index (κ1) is 17.1. The molecule has 0 unspecified atom stereocenters. The fourth-order valence-electron chi connectivity index (χ4n) is 3.05. The van der Waals surface area contributed by atoms with E-state index in [1.54, 1.807) is 6.08 Å². The predicted molar refractivity (Wildman–Crippen MR) is 90.4 cm³/mol. The van der Waals surface area contributed by atoms with Crippen molar-refractivity contribution < 1.29 is 9.32 Å². The maximum absolute atomic E-state index is 12.1. The lowest BCUT2D eigenvalue weighted by atomic mass is 10.2. The zero-order valence-corrected chi connectivity index (χ0v) is 14.4. The molecule has 1 saturated carbocycles. The van der Waals surface area contributed by atoms with E-state index in [0.29, 0.717) is 12.5 Å². The average Bonchev–Trinajstić information content (AvgIpc) is 3.37. The molecule has 7 heteroatoms. The topological polar surface area (TPSA) is 74.5 Å². The molecule has 2 heterocycles. The summed E-state index contributed by atoms with van der Waals surface area (Å²) in [6.07, 6.45) is 5.08. The van der Waals surface area contributed by atoms with Crippen LogP contribution in [0.4, 0.5) is 0 Å². The second kappa shape index (κ2) is 7.90. The van der Waals surface area contributed by atoms with Crippen LogP contribution < -0.4 is 5.32 Å². The van der Waals surface area contributed by atoms with Gasteiger partial charge in [-0.1, -0.05) is 11.2 Å². The number of carbonyl (C=O) groups is 1. The van der Waals surface area contributed by atoms with Crippen molar-refractivity contribution in [2.75, 3.05) is 32.7 Å². The van der Waals surface area contributed by atoms with Crippen molar-refractivity contribution in [2.24, 2.45) is 0 Å². The Hall–Kier alpha value is -1.73. The molecule has 7 nitrogen and oxygen atoms in total. The number of nitrogens with zero attached hydrogens (tertiary/aromatic N) is 4. The molecule has 1 amide bonds. The fraction of sp³-hybridized carbons (Fsp3) is 0.706. The molecular weight excluding hydrogens is 306 g/mol. The first-order chi connectivity index (χ1) is 11.7. The van der Waals surface area contributed by atoms with E-state index in [0.717, 1.165) is 50.9 Å². The maximum Gasteiger partial charge on any atom is 0.237 e. The Morgan fingerprint density at radius 2 is 2.25 bits per heavy atom. The van der Waals surface area contributed by atoms with Crippen LogP contribution in [0.3, 0.4) is 0 Å². The number of rotatable bonds is 7.